The highest BCUT2D eigenvalue weighted by Crippen LogP contribution is 2.37. The molecule has 1 atom stereocenters. The average molecular weight is 416 g/mol. The monoisotopic (exact) mass is 415 g/mol. The van der Waals surface area contributed by atoms with Crippen LogP contribution in [0.2, 0.25) is 0 Å². The quantitative estimate of drug-likeness (QED) is 0.622. The Hall–Kier alpha value is -1.43. The number of likely N-dealkylation sites (tertiary alicyclic amines) is 1. The molecule has 1 spiro atoms. The topological polar surface area (TPSA) is 48.0 Å². The summed E-state index contributed by atoms with van der Waals surface area (Å²) in [4.78, 5) is 14.9. The summed E-state index contributed by atoms with van der Waals surface area (Å²) in [7, 11) is 0. The number of hydrogen-bond acceptors (Lipinski definition) is 4. The molecule has 3 fully saturated rings. The van der Waals surface area contributed by atoms with Crippen molar-refractivity contribution in [2.24, 2.45) is 5.92 Å². The van der Waals surface area contributed by atoms with Crippen LogP contribution in [0.1, 0.15) is 63.4 Å². The van der Waals surface area contributed by atoms with E-state index < -0.39 is 0 Å². The van der Waals surface area contributed by atoms with E-state index in [1.165, 1.54) is 24.8 Å². The van der Waals surface area contributed by atoms with Crippen LogP contribution in [0.15, 0.2) is 30.3 Å². The third-order valence-corrected chi connectivity index (χ3v) is 7.08. The summed E-state index contributed by atoms with van der Waals surface area (Å²) >= 11 is 0. The van der Waals surface area contributed by atoms with Crippen LogP contribution in [0.5, 0.6) is 0 Å². The number of carbonyl (C=O) groups is 1. The summed E-state index contributed by atoms with van der Waals surface area (Å²) in [5.74, 6) is 0.663. The van der Waals surface area contributed by atoms with Crippen molar-refractivity contribution in [1.29, 1.82) is 0 Å². The molecule has 1 aromatic rings. The molecule has 0 bridgehead atoms. The van der Waals surface area contributed by atoms with Crippen molar-refractivity contribution >= 4 is 5.91 Å². The fourth-order valence-electron chi connectivity index (χ4n) is 5.25. The second kappa shape index (κ2) is 10.7. The Morgan fingerprint density at radius 2 is 1.80 bits per heavy atom. The number of hydrogen-bond donors (Lipinski definition) is 0. The largest absolute Gasteiger partial charge is 0.376 e. The lowest BCUT2D eigenvalue weighted by Crippen LogP contribution is -2.53. The van der Waals surface area contributed by atoms with E-state index in [1.807, 2.05) is 18.2 Å². The molecule has 0 radical (unpaired) electrons. The molecule has 1 aliphatic carbocycles. The van der Waals surface area contributed by atoms with Crippen LogP contribution in [0, 0.1) is 5.92 Å². The Labute approximate surface area is 181 Å². The molecule has 1 aromatic carbocycles. The van der Waals surface area contributed by atoms with E-state index in [9.17, 15) is 4.79 Å². The van der Waals surface area contributed by atoms with Gasteiger partial charge in [-0.05, 0) is 37.7 Å². The van der Waals surface area contributed by atoms with E-state index in [-0.39, 0.29) is 17.6 Å². The molecule has 2 heterocycles. The highest BCUT2D eigenvalue weighted by Gasteiger charge is 2.42. The van der Waals surface area contributed by atoms with Crippen LogP contribution in [0.25, 0.3) is 0 Å². The Kier molecular flexibility index (Phi) is 7.80. The molecule has 1 unspecified atom stereocenters. The van der Waals surface area contributed by atoms with Gasteiger partial charge in [0.15, 0.2) is 0 Å². The lowest BCUT2D eigenvalue weighted by molar-refractivity contribution is -0.165. The van der Waals surface area contributed by atoms with Gasteiger partial charge in [-0.15, -0.1) is 0 Å². The molecule has 1 amide bonds. The molecule has 0 N–H and O–H groups in total. The van der Waals surface area contributed by atoms with Crippen LogP contribution in [-0.2, 0) is 25.6 Å². The second-order valence-corrected chi connectivity index (χ2v) is 9.22. The van der Waals surface area contributed by atoms with Crippen molar-refractivity contribution in [3.63, 3.8) is 0 Å². The molecular formula is C25H37NO4. The van der Waals surface area contributed by atoms with Crippen molar-refractivity contribution in [3.05, 3.63) is 35.9 Å². The molecule has 30 heavy (non-hydrogen) atoms. The van der Waals surface area contributed by atoms with Gasteiger partial charge in [0, 0.05) is 32.0 Å². The van der Waals surface area contributed by atoms with Gasteiger partial charge in [-0.1, -0.05) is 49.6 Å². The molecule has 0 aromatic heterocycles. The zero-order chi connectivity index (χ0) is 20.7. The maximum atomic E-state index is 12.8. The van der Waals surface area contributed by atoms with E-state index in [2.05, 4.69) is 17.0 Å². The van der Waals surface area contributed by atoms with Gasteiger partial charge in [-0.2, -0.15) is 0 Å². The molecule has 5 heteroatoms. The van der Waals surface area contributed by atoms with Crippen LogP contribution in [0.3, 0.4) is 0 Å². The van der Waals surface area contributed by atoms with E-state index in [4.69, 9.17) is 14.2 Å². The first-order valence-corrected chi connectivity index (χ1v) is 11.9. The van der Waals surface area contributed by atoms with Gasteiger partial charge >= 0.3 is 0 Å². The van der Waals surface area contributed by atoms with E-state index in [1.54, 1.807) is 0 Å². The van der Waals surface area contributed by atoms with Crippen molar-refractivity contribution in [3.8, 4) is 0 Å². The summed E-state index contributed by atoms with van der Waals surface area (Å²) in [6.45, 7) is 4.30. The first-order chi connectivity index (χ1) is 14.7. The van der Waals surface area contributed by atoms with Gasteiger partial charge in [0.1, 0.15) is 0 Å². The minimum Gasteiger partial charge on any atom is -0.376 e. The Morgan fingerprint density at radius 1 is 1.03 bits per heavy atom. The summed E-state index contributed by atoms with van der Waals surface area (Å²) in [5, 5.41) is 0. The van der Waals surface area contributed by atoms with Crippen molar-refractivity contribution in [1.82, 2.24) is 4.90 Å². The molecule has 4 rings (SSSR count). The number of carbonyl (C=O) groups excluding carboxylic acids is 1. The van der Waals surface area contributed by atoms with Gasteiger partial charge in [-0.25, -0.2) is 0 Å². The van der Waals surface area contributed by atoms with Crippen LogP contribution < -0.4 is 0 Å². The Balaban J connectivity index is 1.16. The number of amides is 1. The molecule has 2 aliphatic heterocycles. The smallest absolute Gasteiger partial charge is 0.225 e. The fraction of sp³-hybridized carbons (Fsp3) is 0.720. The SMILES string of the molecule is O=C(C1CCCCC1)N1CCC2(CC1)CC(OCCOCc1ccccc1)CCO2. The number of ether oxygens (including phenoxy) is 3. The summed E-state index contributed by atoms with van der Waals surface area (Å²) < 4.78 is 18.1. The predicted octanol–water partition coefficient (Wildman–Crippen LogP) is 4.34. The maximum Gasteiger partial charge on any atom is 0.225 e. The lowest BCUT2D eigenvalue weighted by atomic mass is 9.82. The molecule has 166 valence electrons. The highest BCUT2D eigenvalue weighted by atomic mass is 16.5. The maximum absolute atomic E-state index is 12.8. The van der Waals surface area contributed by atoms with Gasteiger partial charge in [0.25, 0.3) is 0 Å². The van der Waals surface area contributed by atoms with Gasteiger partial charge in [0.05, 0.1) is 31.5 Å². The standard InChI is InChI=1S/C25H37NO4/c27-24(22-9-5-2-6-10-22)26-14-12-25(13-15-26)19-23(11-16-30-25)29-18-17-28-20-21-7-3-1-4-8-21/h1,3-4,7-8,22-23H,2,5-6,9-20H2. The molecule has 2 saturated heterocycles. The van der Waals surface area contributed by atoms with E-state index >= 15 is 0 Å². The van der Waals surface area contributed by atoms with E-state index in [0.717, 1.165) is 58.2 Å². The second-order valence-electron chi connectivity index (χ2n) is 9.22. The number of piperidine rings is 1. The number of rotatable bonds is 7. The van der Waals surface area contributed by atoms with Crippen molar-refractivity contribution in [2.75, 3.05) is 32.9 Å². The highest BCUT2D eigenvalue weighted by molar-refractivity contribution is 5.79. The normalized spacial score (nSPS) is 24.8. The molecule has 1 saturated carbocycles. The molecule has 3 aliphatic rings. The first-order valence-electron chi connectivity index (χ1n) is 11.9. The zero-order valence-electron chi connectivity index (χ0n) is 18.2. The minimum atomic E-state index is -0.100. The molecular weight excluding hydrogens is 378 g/mol. The van der Waals surface area contributed by atoms with Crippen LogP contribution >= 0.6 is 0 Å². The summed E-state index contributed by atoms with van der Waals surface area (Å²) in [6.07, 6.45) is 9.89. The first kappa shape index (κ1) is 21.8. The summed E-state index contributed by atoms with van der Waals surface area (Å²) in [5.41, 5.74) is 1.09. The number of nitrogens with zero attached hydrogens (tertiary/aromatic N) is 1. The third-order valence-electron chi connectivity index (χ3n) is 7.08. The molecule has 5 nitrogen and oxygen atoms in total. The van der Waals surface area contributed by atoms with Crippen LogP contribution in [0.4, 0.5) is 0 Å². The van der Waals surface area contributed by atoms with Gasteiger partial charge < -0.3 is 19.1 Å². The minimum absolute atomic E-state index is 0.100. The van der Waals surface area contributed by atoms with Crippen LogP contribution in [-0.4, -0.2) is 55.4 Å². The third kappa shape index (κ3) is 5.83. The average Bonchev–Trinajstić information content (AvgIpc) is 2.80. The Bertz CT molecular complexity index is 650. The fourth-order valence-corrected chi connectivity index (χ4v) is 5.25. The van der Waals surface area contributed by atoms with Crippen molar-refractivity contribution < 1.29 is 19.0 Å². The van der Waals surface area contributed by atoms with Gasteiger partial charge in [0.2, 0.25) is 5.91 Å². The lowest BCUT2D eigenvalue weighted by Gasteiger charge is -2.46. The van der Waals surface area contributed by atoms with Crippen molar-refractivity contribution in [2.45, 2.75) is 76.1 Å². The van der Waals surface area contributed by atoms with E-state index in [0.29, 0.717) is 25.7 Å². The van der Waals surface area contributed by atoms with Gasteiger partial charge in [-0.3, -0.25) is 4.79 Å². The number of benzene rings is 1. The Morgan fingerprint density at radius 3 is 2.57 bits per heavy atom. The predicted molar refractivity (Wildman–Crippen MR) is 116 cm³/mol. The zero-order valence-corrected chi connectivity index (χ0v) is 18.2. The summed E-state index contributed by atoms with van der Waals surface area (Å²) in [6, 6.07) is 10.2.